The van der Waals surface area contributed by atoms with E-state index in [1.165, 1.54) is 0 Å². The van der Waals surface area contributed by atoms with Crippen molar-refractivity contribution in [2.45, 2.75) is 77.9 Å². The first-order valence-corrected chi connectivity index (χ1v) is 8.08. The van der Waals surface area contributed by atoms with E-state index in [-0.39, 0.29) is 29.9 Å². The highest BCUT2D eigenvalue weighted by molar-refractivity contribution is 5.96. The quantitative estimate of drug-likeness (QED) is 0.862. The third kappa shape index (κ3) is 2.84. The van der Waals surface area contributed by atoms with Crippen molar-refractivity contribution >= 4 is 11.8 Å². The molecule has 4 nitrogen and oxygen atoms in total. The number of nitrogens with one attached hydrogen (secondary N) is 1. The van der Waals surface area contributed by atoms with Crippen LogP contribution >= 0.6 is 0 Å². The molecule has 1 aliphatic heterocycles. The van der Waals surface area contributed by atoms with Gasteiger partial charge in [0, 0.05) is 6.04 Å². The number of carbonyl (C=O) groups excluding carboxylic acids is 2. The molecule has 2 aliphatic rings. The molecule has 2 rings (SSSR count). The van der Waals surface area contributed by atoms with Crippen LogP contribution < -0.4 is 5.32 Å². The van der Waals surface area contributed by atoms with Gasteiger partial charge in [-0.25, -0.2) is 0 Å². The summed E-state index contributed by atoms with van der Waals surface area (Å²) in [4.78, 5) is 26.8. The van der Waals surface area contributed by atoms with Crippen LogP contribution in [-0.2, 0) is 9.59 Å². The summed E-state index contributed by atoms with van der Waals surface area (Å²) in [5, 5.41) is 2.88. The lowest BCUT2D eigenvalue weighted by molar-refractivity contribution is -0.154. The molecule has 0 spiro atoms. The fourth-order valence-corrected chi connectivity index (χ4v) is 3.85. The second-order valence-corrected chi connectivity index (χ2v) is 6.73. The van der Waals surface area contributed by atoms with Crippen LogP contribution in [0.5, 0.6) is 0 Å². The van der Waals surface area contributed by atoms with E-state index >= 15 is 0 Å². The van der Waals surface area contributed by atoms with Crippen molar-refractivity contribution in [3.63, 3.8) is 0 Å². The Morgan fingerprint density at radius 3 is 2.50 bits per heavy atom. The molecule has 2 amide bonds. The summed E-state index contributed by atoms with van der Waals surface area (Å²) >= 11 is 0. The zero-order valence-corrected chi connectivity index (χ0v) is 13.2. The molecule has 0 aromatic heterocycles. The summed E-state index contributed by atoms with van der Waals surface area (Å²) in [7, 11) is 0. The molecule has 0 bridgehead atoms. The van der Waals surface area contributed by atoms with E-state index in [4.69, 9.17) is 0 Å². The van der Waals surface area contributed by atoms with Crippen LogP contribution in [0.3, 0.4) is 0 Å². The SMILES string of the molecule is CCCC1NC(=O)C(C)N(C2CCC(C)CC2C)C1=O. The Balaban J connectivity index is 2.18. The number of rotatable bonds is 3. The van der Waals surface area contributed by atoms with Crippen molar-refractivity contribution in [2.24, 2.45) is 11.8 Å². The molecular weight excluding hydrogens is 252 g/mol. The average molecular weight is 280 g/mol. The molecule has 20 heavy (non-hydrogen) atoms. The summed E-state index contributed by atoms with van der Waals surface area (Å²) in [5.41, 5.74) is 0. The van der Waals surface area contributed by atoms with Gasteiger partial charge in [0.05, 0.1) is 0 Å². The Kier molecular flexibility index (Phi) is 4.71. The van der Waals surface area contributed by atoms with Gasteiger partial charge in [0.25, 0.3) is 0 Å². The van der Waals surface area contributed by atoms with Gasteiger partial charge in [-0.1, -0.05) is 27.2 Å². The zero-order chi connectivity index (χ0) is 14.9. The Morgan fingerprint density at radius 2 is 1.90 bits per heavy atom. The first kappa shape index (κ1) is 15.3. The molecule has 114 valence electrons. The fourth-order valence-electron chi connectivity index (χ4n) is 3.85. The topological polar surface area (TPSA) is 49.4 Å². The molecule has 0 aromatic rings. The molecule has 2 fully saturated rings. The van der Waals surface area contributed by atoms with E-state index in [1.54, 1.807) is 0 Å². The van der Waals surface area contributed by atoms with Crippen molar-refractivity contribution in [3.05, 3.63) is 0 Å². The van der Waals surface area contributed by atoms with E-state index in [9.17, 15) is 9.59 Å². The zero-order valence-electron chi connectivity index (χ0n) is 13.2. The Morgan fingerprint density at radius 1 is 1.20 bits per heavy atom. The third-order valence-corrected chi connectivity index (χ3v) is 4.99. The fraction of sp³-hybridized carbons (Fsp3) is 0.875. The van der Waals surface area contributed by atoms with Gasteiger partial charge >= 0.3 is 0 Å². The van der Waals surface area contributed by atoms with E-state index < -0.39 is 0 Å². The summed E-state index contributed by atoms with van der Waals surface area (Å²) in [6.07, 6.45) is 5.00. The maximum atomic E-state index is 12.7. The van der Waals surface area contributed by atoms with Crippen molar-refractivity contribution < 1.29 is 9.59 Å². The molecule has 5 atom stereocenters. The largest absolute Gasteiger partial charge is 0.343 e. The summed E-state index contributed by atoms with van der Waals surface area (Å²) in [6.45, 7) is 8.41. The first-order valence-electron chi connectivity index (χ1n) is 8.08. The van der Waals surface area contributed by atoms with Gasteiger partial charge < -0.3 is 10.2 Å². The molecule has 1 saturated carbocycles. The molecule has 4 heteroatoms. The van der Waals surface area contributed by atoms with Crippen LogP contribution in [0.1, 0.15) is 59.8 Å². The van der Waals surface area contributed by atoms with Crippen LogP contribution in [0, 0.1) is 11.8 Å². The van der Waals surface area contributed by atoms with E-state index in [0.29, 0.717) is 5.92 Å². The van der Waals surface area contributed by atoms with Gasteiger partial charge in [-0.05, 0) is 44.4 Å². The molecule has 1 N–H and O–H groups in total. The van der Waals surface area contributed by atoms with Gasteiger partial charge in [-0.3, -0.25) is 9.59 Å². The molecule has 5 unspecified atom stereocenters. The molecule has 1 aliphatic carbocycles. The molecule has 0 aromatic carbocycles. The predicted octanol–water partition coefficient (Wildman–Crippen LogP) is 2.33. The third-order valence-electron chi connectivity index (χ3n) is 4.99. The van der Waals surface area contributed by atoms with Crippen LogP contribution in [0.15, 0.2) is 0 Å². The normalized spacial score (nSPS) is 38.8. The summed E-state index contributed by atoms with van der Waals surface area (Å²) < 4.78 is 0. The van der Waals surface area contributed by atoms with Crippen molar-refractivity contribution in [2.75, 3.05) is 0 Å². The minimum absolute atomic E-state index is 0.00821. The van der Waals surface area contributed by atoms with Gasteiger partial charge in [0.15, 0.2) is 0 Å². The van der Waals surface area contributed by atoms with Crippen molar-refractivity contribution in [1.29, 1.82) is 0 Å². The number of nitrogens with zero attached hydrogens (tertiary/aromatic N) is 1. The lowest BCUT2D eigenvalue weighted by Gasteiger charge is -2.46. The monoisotopic (exact) mass is 280 g/mol. The second kappa shape index (κ2) is 6.15. The number of piperazine rings is 1. The maximum absolute atomic E-state index is 12.7. The van der Waals surface area contributed by atoms with Crippen molar-refractivity contribution in [3.8, 4) is 0 Å². The first-order chi connectivity index (χ1) is 9.45. The highest BCUT2D eigenvalue weighted by Gasteiger charge is 2.43. The van der Waals surface area contributed by atoms with E-state index in [2.05, 4.69) is 19.2 Å². The highest BCUT2D eigenvalue weighted by atomic mass is 16.2. The molecule has 0 radical (unpaired) electrons. The number of hydrogen-bond acceptors (Lipinski definition) is 2. The van der Waals surface area contributed by atoms with Crippen LogP contribution in [0.4, 0.5) is 0 Å². The standard InChI is InChI=1S/C16H28N2O2/c1-5-6-13-16(20)18(12(4)15(19)17-13)14-8-7-10(2)9-11(14)3/h10-14H,5-9H2,1-4H3,(H,17,19). The van der Waals surface area contributed by atoms with Gasteiger partial charge in [0.2, 0.25) is 11.8 Å². The Labute approximate surface area is 122 Å². The van der Waals surface area contributed by atoms with Crippen LogP contribution in [-0.4, -0.2) is 34.8 Å². The van der Waals surface area contributed by atoms with Crippen LogP contribution in [0.25, 0.3) is 0 Å². The minimum Gasteiger partial charge on any atom is -0.343 e. The Bertz CT molecular complexity index is 383. The summed E-state index contributed by atoms with van der Waals surface area (Å²) in [6, 6.07) is -0.397. The average Bonchev–Trinajstić information content (AvgIpc) is 2.39. The van der Waals surface area contributed by atoms with E-state index in [0.717, 1.165) is 38.0 Å². The number of hydrogen-bond donors (Lipinski definition) is 1. The van der Waals surface area contributed by atoms with Gasteiger partial charge in [0.1, 0.15) is 12.1 Å². The number of carbonyl (C=O) groups is 2. The minimum atomic E-state index is -0.323. The Hall–Kier alpha value is -1.06. The van der Waals surface area contributed by atoms with Gasteiger partial charge in [-0.2, -0.15) is 0 Å². The van der Waals surface area contributed by atoms with Gasteiger partial charge in [-0.15, -0.1) is 0 Å². The molecular formula is C16H28N2O2. The predicted molar refractivity (Wildman–Crippen MR) is 79.1 cm³/mol. The lowest BCUT2D eigenvalue weighted by atomic mass is 9.78. The van der Waals surface area contributed by atoms with Crippen LogP contribution in [0.2, 0.25) is 0 Å². The lowest BCUT2D eigenvalue weighted by Crippen LogP contribution is -2.66. The molecule has 1 saturated heterocycles. The van der Waals surface area contributed by atoms with E-state index in [1.807, 2.05) is 18.7 Å². The van der Waals surface area contributed by atoms with Crippen molar-refractivity contribution in [1.82, 2.24) is 10.2 Å². The second-order valence-electron chi connectivity index (χ2n) is 6.73. The smallest absolute Gasteiger partial charge is 0.246 e. The highest BCUT2D eigenvalue weighted by Crippen LogP contribution is 2.34. The summed E-state index contributed by atoms with van der Waals surface area (Å²) in [5.74, 6) is 1.36. The number of amides is 2. The molecule has 1 heterocycles. The maximum Gasteiger partial charge on any atom is 0.246 e.